The molecule has 4 heteroatoms. The van der Waals surface area contributed by atoms with Gasteiger partial charge in [0.15, 0.2) is 11.4 Å². The number of fused-ring (bicyclic) bond motifs is 3. The van der Waals surface area contributed by atoms with Gasteiger partial charge in [0.25, 0.3) is 0 Å². The summed E-state index contributed by atoms with van der Waals surface area (Å²) in [5, 5.41) is 11.0. The van der Waals surface area contributed by atoms with Gasteiger partial charge in [-0.25, -0.2) is 0 Å². The first-order valence-corrected chi connectivity index (χ1v) is 7.59. The summed E-state index contributed by atoms with van der Waals surface area (Å²) in [6, 6.07) is 4.76. The quantitative estimate of drug-likeness (QED) is 0.866. The van der Waals surface area contributed by atoms with E-state index in [-0.39, 0.29) is 16.9 Å². The fourth-order valence-corrected chi connectivity index (χ4v) is 3.63. The first kappa shape index (κ1) is 14.2. The number of hydrogen-bond donors (Lipinski definition) is 1. The van der Waals surface area contributed by atoms with Crippen LogP contribution in [0.5, 0.6) is 5.75 Å². The first-order chi connectivity index (χ1) is 11.0. The lowest BCUT2D eigenvalue weighted by Crippen LogP contribution is -2.47. The van der Waals surface area contributed by atoms with E-state index in [0.717, 1.165) is 24.0 Å². The van der Waals surface area contributed by atoms with Crippen LogP contribution in [-0.2, 0) is 0 Å². The highest BCUT2D eigenvalue weighted by atomic mass is 16.5. The van der Waals surface area contributed by atoms with Crippen LogP contribution in [0.1, 0.15) is 40.5 Å². The van der Waals surface area contributed by atoms with E-state index in [9.17, 15) is 14.7 Å². The van der Waals surface area contributed by atoms with Crippen molar-refractivity contribution in [3.05, 3.63) is 63.8 Å². The van der Waals surface area contributed by atoms with Gasteiger partial charge in [0.05, 0.1) is 7.11 Å². The summed E-state index contributed by atoms with van der Waals surface area (Å²) in [6.07, 6.45) is 4.95. The molecule has 3 aliphatic carbocycles. The standard InChI is InChI=1S/C19H16O4/c1-10-3-4-11-9-19(22)16(8-14(10)11)17(20)13-6-5-12(23-2)7-15(13)18(19)21/h5-9,22H,3-4H2,1-2H3/t19-/m0/s1. The van der Waals surface area contributed by atoms with Crippen molar-refractivity contribution in [2.24, 2.45) is 0 Å². The second-order valence-electron chi connectivity index (χ2n) is 6.26. The van der Waals surface area contributed by atoms with Crippen molar-refractivity contribution in [2.75, 3.05) is 7.11 Å². The van der Waals surface area contributed by atoms with Gasteiger partial charge in [0.1, 0.15) is 5.75 Å². The zero-order chi connectivity index (χ0) is 16.4. The SMILES string of the molecule is COc1ccc2c(c1)C(=O)[C@]1(O)C=C3CCC(C)=C3C=C1C2=O. The van der Waals surface area contributed by atoms with E-state index >= 15 is 0 Å². The molecule has 0 saturated carbocycles. The van der Waals surface area contributed by atoms with Crippen LogP contribution in [0.4, 0.5) is 0 Å². The molecule has 1 atom stereocenters. The summed E-state index contributed by atoms with van der Waals surface area (Å²) < 4.78 is 5.13. The summed E-state index contributed by atoms with van der Waals surface area (Å²) in [6.45, 7) is 2.02. The number of carbonyl (C=O) groups is 2. The molecular formula is C19H16O4. The van der Waals surface area contributed by atoms with Crippen LogP contribution in [0.15, 0.2) is 52.6 Å². The first-order valence-electron chi connectivity index (χ1n) is 7.59. The fraction of sp³-hybridized carbons (Fsp3) is 0.263. The number of hydrogen-bond acceptors (Lipinski definition) is 4. The summed E-state index contributed by atoms with van der Waals surface area (Å²) in [7, 11) is 1.50. The zero-order valence-corrected chi connectivity index (χ0v) is 13.0. The van der Waals surface area contributed by atoms with Crippen molar-refractivity contribution < 1.29 is 19.4 Å². The Balaban J connectivity index is 1.97. The van der Waals surface area contributed by atoms with Crippen LogP contribution in [0.25, 0.3) is 0 Å². The highest BCUT2D eigenvalue weighted by Gasteiger charge is 2.50. The summed E-state index contributed by atoms with van der Waals surface area (Å²) >= 11 is 0. The number of methoxy groups -OCH3 is 1. The number of carbonyl (C=O) groups excluding carboxylic acids is 2. The number of rotatable bonds is 1. The van der Waals surface area contributed by atoms with E-state index in [0.29, 0.717) is 11.3 Å². The lowest BCUT2D eigenvalue weighted by molar-refractivity contribution is 0.0586. The van der Waals surface area contributed by atoms with Gasteiger partial charge in [-0.3, -0.25) is 9.59 Å². The number of ketones is 2. The number of Topliss-reactive ketones (excluding diaryl/α,β-unsaturated/α-hetero) is 2. The molecule has 1 N–H and O–H groups in total. The van der Waals surface area contributed by atoms with Crippen LogP contribution in [0.3, 0.4) is 0 Å². The average Bonchev–Trinajstić information content (AvgIpc) is 2.91. The molecule has 0 aromatic heterocycles. The molecule has 3 aliphatic rings. The minimum atomic E-state index is -1.86. The molecule has 0 heterocycles. The van der Waals surface area contributed by atoms with E-state index in [4.69, 9.17) is 4.74 Å². The van der Waals surface area contributed by atoms with Crippen LogP contribution in [0.2, 0.25) is 0 Å². The Morgan fingerprint density at radius 3 is 2.70 bits per heavy atom. The van der Waals surface area contributed by atoms with Crippen LogP contribution in [0, 0.1) is 0 Å². The summed E-state index contributed by atoms with van der Waals surface area (Å²) in [5.74, 6) is -0.276. The Bertz CT molecular complexity index is 869. The van der Waals surface area contributed by atoms with Gasteiger partial charge in [0.2, 0.25) is 5.78 Å². The second kappa shape index (κ2) is 4.52. The molecule has 4 rings (SSSR count). The average molecular weight is 308 g/mol. The number of allylic oxidation sites excluding steroid dienone is 4. The smallest absolute Gasteiger partial charge is 0.204 e. The number of ether oxygens (including phenoxy) is 1. The Hall–Kier alpha value is -2.46. The molecule has 0 saturated heterocycles. The summed E-state index contributed by atoms with van der Waals surface area (Å²) in [4.78, 5) is 25.7. The van der Waals surface area contributed by atoms with E-state index in [1.165, 1.54) is 18.7 Å². The highest BCUT2D eigenvalue weighted by Crippen LogP contribution is 2.44. The van der Waals surface area contributed by atoms with Crippen molar-refractivity contribution in [3.8, 4) is 5.75 Å². The number of aliphatic hydroxyl groups is 1. The molecule has 1 aromatic rings. The lowest BCUT2D eigenvalue weighted by Gasteiger charge is -2.34. The fourth-order valence-electron chi connectivity index (χ4n) is 3.63. The molecule has 0 unspecified atom stereocenters. The van der Waals surface area contributed by atoms with Gasteiger partial charge in [-0.15, -0.1) is 0 Å². The predicted molar refractivity (Wildman–Crippen MR) is 84.7 cm³/mol. The monoisotopic (exact) mass is 308 g/mol. The molecule has 1 aromatic carbocycles. The van der Waals surface area contributed by atoms with Crippen molar-refractivity contribution in [3.63, 3.8) is 0 Å². The van der Waals surface area contributed by atoms with Crippen molar-refractivity contribution in [1.82, 2.24) is 0 Å². The minimum absolute atomic E-state index is 0.153. The Morgan fingerprint density at radius 1 is 1.17 bits per heavy atom. The molecule has 0 spiro atoms. The molecular weight excluding hydrogens is 292 g/mol. The largest absolute Gasteiger partial charge is 0.497 e. The maximum Gasteiger partial charge on any atom is 0.204 e. The Kier molecular flexibility index (Phi) is 2.78. The van der Waals surface area contributed by atoms with E-state index in [2.05, 4.69) is 0 Å². The van der Waals surface area contributed by atoms with Gasteiger partial charge in [-0.1, -0.05) is 5.57 Å². The van der Waals surface area contributed by atoms with Crippen molar-refractivity contribution in [2.45, 2.75) is 25.4 Å². The van der Waals surface area contributed by atoms with Gasteiger partial charge < -0.3 is 9.84 Å². The Morgan fingerprint density at radius 2 is 1.96 bits per heavy atom. The van der Waals surface area contributed by atoms with E-state index in [1.807, 2.05) is 6.92 Å². The lowest BCUT2D eigenvalue weighted by atomic mass is 9.70. The molecule has 0 fully saturated rings. The predicted octanol–water partition coefficient (Wildman–Crippen LogP) is 2.78. The third-order valence-corrected chi connectivity index (χ3v) is 4.96. The molecule has 0 bridgehead atoms. The third-order valence-electron chi connectivity index (χ3n) is 4.96. The molecule has 116 valence electrons. The van der Waals surface area contributed by atoms with Gasteiger partial charge in [-0.05, 0) is 61.3 Å². The van der Waals surface area contributed by atoms with Gasteiger partial charge >= 0.3 is 0 Å². The molecule has 0 aliphatic heterocycles. The topological polar surface area (TPSA) is 63.6 Å². The van der Waals surface area contributed by atoms with E-state index in [1.54, 1.807) is 24.3 Å². The van der Waals surface area contributed by atoms with Crippen molar-refractivity contribution >= 4 is 11.6 Å². The van der Waals surface area contributed by atoms with Gasteiger partial charge in [0, 0.05) is 16.7 Å². The zero-order valence-electron chi connectivity index (χ0n) is 13.0. The maximum absolute atomic E-state index is 12.9. The maximum atomic E-state index is 12.9. The van der Waals surface area contributed by atoms with Crippen LogP contribution >= 0.6 is 0 Å². The van der Waals surface area contributed by atoms with Crippen LogP contribution in [-0.4, -0.2) is 29.4 Å². The molecule has 4 nitrogen and oxygen atoms in total. The third kappa shape index (κ3) is 1.75. The Labute approximate surface area is 133 Å². The highest BCUT2D eigenvalue weighted by molar-refractivity contribution is 6.28. The minimum Gasteiger partial charge on any atom is -0.497 e. The molecule has 0 amide bonds. The molecule has 23 heavy (non-hydrogen) atoms. The normalized spacial score (nSPS) is 25.5. The second-order valence-corrected chi connectivity index (χ2v) is 6.26. The van der Waals surface area contributed by atoms with Crippen LogP contribution < -0.4 is 4.74 Å². The summed E-state index contributed by atoms with van der Waals surface area (Å²) in [5.41, 5.74) is 1.95. The molecule has 0 radical (unpaired) electrons. The van der Waals surface area contributed by atoms with Gasteiger partial charge in [-0.2, -0.15) is 0 Å². The number of benzene rings is 1. The van der Waals surface area contributed by atoms with E-state index < -0.39 is 11.4 Å². The van der Waals surface area contributed by atoms with Crippen molar-refractivity contribution in [1.29, 1.82) is 0 Å².